The third kappa shape index (κ3) is 2.84. The maximum absolute atomic E-state index is 11.9. The molecule has 0 spiro atoms. The van der Waals surface area contributed by atoms with Crippen LogP contribution in [0.5, 0.6) is 0 Å². The molecule has 0 saturated heterocycles. The molecule has 0 radical (unpaired) electrons. The van der Waals surface area contributed by atoms with E-state index in [0.29, 0.717) is 11.7 Å². The summed E-state index contributed by atoms with van der Waals surface area (Å²) >= 11 is 0. The van der Waals surface area contributed by atoms with Gasteiger partial charge in [0.15, 0.2) is 0 Å². The Labute approximate surface area is 101 Å². The Morgan fingerprint density at radius 3 is 2.76 bits per heavy atom. The minimum absolute atomic E-state index is 0.166. The molecule has 1 aliphatic rings. The number of carbonyl (C=O) groups is 1. The minimum atomic E-state index is -0.166. The van der Waals surface area contributed by atoms with Gasteiger partial charge in [0.2, 0.25) is 5.82 Å². The molecule has 2 rings (SSSR count). The Balaban J connectivity index is 1.95. The molecular formula is C12H20N4O. The number of rotatable bonds is 2. The van der Waals surface area contributed by atoms with Crippen molar-refractivity contribution in [3.8, 4) is 0 Å². The first kappa shape index (κ1) is 12.1. The van der Waals surface area contributed by atoms with Crippen LogP contribution < -0.4 is 5.32 Å². The maximum Gasteiger partial charge on any atom is 0.291 e. The van der Waals surface area contributed by atoms with E-state index in [1.807, 2.05) is 0 Å². The Morgan fingerprint density at radius 2 is 2.18 bits per heavy atom. The second kappa shape index (κ2) is 4.85. The van der Waals surface area contributed by atoms with E-state index in [1.165, 1.54) is 12.8 Å². The fraction of sp³-hybridized carbons (Fsp3) is 0.750. The smallest absolute Gasteiger partial charge is 0.291 e. The number of amides is 1. The number of hydrogen-bond acceptors (Lipinski definition) is 3. The van der Waals surface area contributed by atoms with Crippen LogP contribution in [0.3, 0.4) is 0 Å². The van der Waals surface area contributed by atoms with Gasteiger partial charge in [0, 0.05) is 6.04 Å². The van der Waals surface area contributed by atoms with Gasteiger partial charge < -0.3 is 5.32 Å². The molecule has 0 aliphatic heterocycles. The normalized spacial score (nSPS) is 29.0. The molecule has 1 heterocycles. The average molecular weight is 236 g/mol. The first-order valence-electron chi connectivity index (χ1n) is 6.26. The predicted molar refractivity (Wildman–Crippen MR) is 64.6 cm³/mol. The SMILES string of the molecule is Cc1nc(C(=O)NC2CCC(C)CC2C)n[nH]1. The van der Waals surface area contributed by atoms with Crippen LogP contribution in [0, 0.1) is 18.8 Å². The number of hydrogen-bond donors (Lipinski definition) is 2. The van der Waals surface area contributed by atoms with Crippen molar-refractivity contribution in [2.75, 3.05) is 0 Å². The molecule has 0 aromatic carbocycles. The van der Waals surface area contributed by atoms with E-state index < -0.39 is 0 Å². The van der Waals surface area contributed by atoms with Crippen molar-refractivity contribution in [3.63, 3.8) is 0 Å². The molecular weight excluding hydrogens is 216 g/mol. The lowest BCUT2D eigenvalue weighted by Crippen LogP contribution is -2.42. The van der Waals surface area contributed by atoms with E-state index >= 15 is 0 Å². The van der Waals surface area contributed by atoms with Crippen LogP contribution in [-0.4, -0.2) is 27.1 Å². The highest BCUT2D eigenvalue weighted by Gasteiger charge is 2.27. The molecule has 2 N–H and O–H groups in total. The van der Waals surface area contributed by atoms with Gasteiger partial charge in [0.1, 0.15) is 5.82 Å². The molecule has 1 aliphatic carbocycles. The number of nitrogens with one attached hydrogen (secondary N) is 2. The van der Waals surface area contributed by atoms with Crippen molar-refractivity contribution in [2.24, 2.45) is 11.8 Å². The van der Waals surface area contributed by atoms with Gasteiger partial charge in [-0.05, 0) is 38.0 Å². The Hall–Kier alpha value is -1.39. The van der Waals surface area contributed by atoms with Gasteiger partial charge >= 0.3 is 0 Å². The summed E-state index contributed by atoms with van der Waals surface area (Å²) in [6.07, 6.45) is 3.41. The number of H-pyrrole nitrogens is 1. The molecule has 3 atom stereocenters. The summed E-state index contributed by atoms with van der Waals surface area (Å²) in [7, 11) is 0. The van der Waals surface area contributed by atoms with Gasteiger partial charge in [-0.2, -0.15) is 0 Å². The maximum atomic E-state index is 11.9. The highest BCUT2D eigenvalue weighted by atomic mass is 16.2. The summed E-state index contributed by atoms with van der Waals surface area (Å²) in [5.41, 5.74) is 0. The van der Waals surface area contributed by atoms with Crippen molar-refractivity contribution in [1.82, 2.24) is 20.5 Å². The first-order chi connectivity index (χ1) is 8.06. The molecule has 1 amide bonds. The third-order valence-electron chi connectivity index (χ3n) is 3.55. The second-order valence-electron chi connectivity index (χ2n) is 5.22. The summed E-state index contributed by atoms with van der Waals surface area (Å²) in [5, 5.41) is 9.59. The highest BCUT2D eigenvalue weighted by Crippen LogP contribution is 2.28. The fourth-order valence-corrected chi connectivity index (χ4v) is 2.56. The Morgan fingerprint density at radius 1 is 1.41 bits per heavy atom. The number of aromatic nitrogens is 3. The Bertz CT molecular complexity index is 401. The van der Waals surface area contributed by atoms with Gasteiger partial charge in [0.05, 0.1) is 0 Å². The van der Waals surface area contributed by atoms with Crippen LogP contribution in [0.15, 0.2) is 0 Å². The summed E-state index contributed by atoms with van der Waals surface area (Å²) in [5.74, 6) is 2.04. The highest BCUT2D eigenvalue weighted by molar-refractivity contribution is 5.90. The molecule has 17 heavy (non-hydrogen) atoms. The summed E-state index contributed by atoms with van der Waals surface area (Å²) in [6, 6.07) is 0.262. The van der Waals surface area contributed by atoms with Gasteiger partial charge in [-0.25, -0.2) is 4.98 Å². The van der Waals surface area contributed by atoms with E-state index in [9.17, 15) is 4.79 Å². The average Bonchev–Trinajstić information content (AvgIpc) is 2.69. The van der Waals surface area contributed by atoms with E-state index in [-0.39, 0.29) is 17.8 Å². The molecule has 1 aromatic heterocycles. The zero-order chi connectivity index (χ0) is 12.4. The lowest BCUT2D eigenvalue weighted by Gasteiger charge is -2.32. The van der Waals surface area contributed by atoms with Gasteiger partial charge in [0.25, 0.3) is 5.91 Å². The lowest BCUT2D eigenvalue weighted by molar-refractivity contribution is 0.0889. The molecule has 0 bridgehead atoms. The summed E-state index contributed by atoms with van der Waals surface area (Å²) < 4.78 is 0. The van der Waals surface area contributed by atoms with Crippen LogP contribution in [0.4, 0.5) is 0 Å². The number of aryl methyl sites for hydroxylation is 1. The standard InChI is InChI=1S/C12H20N4O/c1-7-4-5-10(8(2)6-7)14-12(17)11-13-9(3)15-16-11/h7-8,10H,4-6H2,1-3H3,(H,14,17)(H,13,15,16). The van der Waals surface area contributed by atoms with Gasteiger partial charge in [-0.1, -0.05) is 13.8 Å². The molecule has 94 valence electrons. The van der Waals surface area contributed by atoms with Gasteiger partial charge in [-0.15, -0.1) is 5.10 Å². The largest absolute Gasteiger partial charge is 0.346 e. The van der Waals surface area contributed by atoms with Crippen molar-refractivity contribution < 1.29 is 4.79 Å². The number of carbonyl (C=O) groups excluding carboxylic acids is 1. The van der Waals surface area contributed by atoms with Crippen LogP contribution in [0.1, 0.15) is 49.6 Å². The number of aromatic amines is 1. The van der Waals surface area contributed by atoms with Crippen LogP contribution in [0.25, 0.3) is 0 Å². The van der Waals surface area contributed by atoms with Crippen LogP contribution in [0.2, 0.25) is 0 Å². The zero-order valence-corrected chi connectivity index (χ0v) is 10.7. The molecule has 5 nitrogen and oxygen atoms in total. The van der Waals surface area contributed by atoms with Crippen LogP contribution >= 0.6 is 0 Å². The van der Waals surface area contributed by atoms with Crippen LogP contribution in [-0.2, 0) is 0 Å². The summed E-state index contributed by atoms with van der Waals surface area (Å²) in [6.45, 7) is 6.26. The monoisotopic (exact) mass is 236 g/mol. The fourth-order valence-electron chi connectivity index (χ4n) is 2.56. The first-order valence-corrected chi connectivity index (χ1v) is 6.26. The van der Waals surface area contributed by atoms with Crippen molar-refractivity contribution >= 4 is 5.91 Å². The lowest BCUT2D eigenvalue weighted by atomic mass is 9.80. The molecule has 3 unspecified atom stereocenters. The quantitative estimate of drug-likeness (QED) is 0.820. The van der Waals surface area contributed by atoms with Crippen molar-refractivity contribution in [3.05, 3.63) is 11.6 Å². The third-order valence-corrected chi connectivity index (χ3v) is 3.55. The zero-order valence-electron chi connectivity index (χ0n) is 10.7. The Kier molecular flexibility index (Phi) is 3.45. The molecule has 5 heteroatoms. The molecule has 1 saturated carbocycles. The van der Waals surface area contributed by atoms with Crippen molar-refractivity contribution in [2.45, 2.75) is 46.1 Å². The van der Waals surface area contributed by atoms with E-state index in [4.69, 9.17) is 0 Å². The summed E-state index contributed by atoms with van der Waals surface area (Å²) in [4.78, 5) is 15.9. The minimum Gasteiger partial charge on any atom is -0.346 e. The van der Waals surface area contributed by atoms with Crippen molar-refractivity contribution in [1.29, 1.82) is 0 Å². The second-order valence-corrected chi connectivity index (χ2v) is 5.22. The number of nitrogens with zero attached hydrogens (tertiary/aromatic N) is 2. The topological polar surface area (TPSA) is 70.7 Å². The van der Waals surface area contributed by atoms with E-state index in [2.05, 4.69) is 34.3 Å². The van der Waals surface area contributed by atoms with Gasteiger partial charge in [-0.3, -0.25) is 9.89 Å². The molecule has 1 fully saturated rings. The predicted octanol–water partition coefficient (Wildman–Crippen LogP) is 1.67. The van der Waals surface area contributed by atoms with E-state index in [0.717, 1.165) is 12.3 Å². The molecule has 1 aromatic rings. The van der Waals surface area contributed by atoms with E-state index in [1.54, 1.807) is 6.92 Å².